The molecule has 1 N–H and O–H groups in total. The molecule has 0 spiro atoms. The number of aryl methyl sites for hydroxylation is 1. The predicted molar refractivity (Wildman–Crippen MR) is 111 cm³/mol. The van der Waals surface area contributed by atoms with Gasteiger partial charge in [-0.3, -0.25) is 0 Å². The third-order valence-electron chi connectivity index (χ3n) is 5.33. The fraction of sp³-hybridized carbons (Fsp3) is 0.870. The number of imidazole rings is 1. The summed E-state index contributed by atoms with van der Waals surface area (Å²) in [6, 6.07) is 0. The van der Waals surface area contributed by atoms with Crippen molar-refractivity contribution in [1.29, 1.82) is 0 Å². The quantitative estimate of drug-likeness (QED) is 0.250. The molecule has 0 bridgehead atoms. The second kappa shape index (κ2) is 16.4. The molecule has 0 radical (unpaired) electrons. The molecule has 0 aliphatic carbocycles. The van der Waals surface area contributed by atoms with Gasteiger partial charge >= 0.3 is 0 Å². The molecule has 0 fully saturated rings. The van der Waals surface area contributed by atoms with Gasteiger partial charge in [-0.2, -0.15) is 0 Å². The fourth-order valence-corrected chi connectivity index (χ4v) is 3.59. The van der Waals surface area contributed by atoms with Crippen molar-refractivity contribution < 1.29 is 9.67 Å². The molecule has 0 aromatic carbocycles. The summed E-state index contributed by atoms with van der Waals surface area (Å²) < 4.78 is 4.39. The van der Waals surface area contributed by atoms with Gasteiger partial charge in [0, 0.05) is 0 Å². The van der Waals surface area contributed by atoms with Crippen LogP contribution in [0.15, 0.2) is 18.7 Å². The first-order chi connectivity index (χ1) is 12.8. The van der Waals surface area contributed by atoms with Crippen molar-refractivity contribution in [3.8, 4) is 0 Å². The van der Waals surface area contributed by atoms with E-state index in [2.05, 4.69) is 41.7 Å². The summed E-state index contributed by atoms with van der Waals surface area (Å²) >= 11 is 0. The molecule has 1 atom stereocenters. The number of aromatic nitrogens is 2. The minimum absolute atomic E-state index is 0.206. The Morgan fingerprint density at radius 1 is 0.769 bits per heavy atom. The summed E-state index contributed by atoms with van der Waals surface area (Å²) in [5, 5.41) is 10.0. The van der Waals surface area contributed by atoms with Crippen molar-refractivity contribution in [2.24, 2.45) is 0 Å². The van der Waals surface area contributed by atoms with Gasteiger partial charge in [0.05, 0.1) is 12.6 Å². The van der Waals surface area contributed by atoms with E-state index in [1.54, 1.807) is 0 Å². The smallest absolute Gasteiger partial charge is 0.243 e. The van der Waals surface area contributed by atoms with Crippen LogP contribution < -0.4 is 4.57 Å². The van der Waals surface area contributed by atoms with Gasteiger partial charge in [0.1, 0.15) is 18.9 Å². The summed E-state index contributed by atoms with van der Waals surface area (Å²) in [4.78, 5) is 0. The zero-order valence-corrected chi connectivity index (χ0v) is 17.7. The summed E-state index contributed by atoms with van der Waals surface area (Å²) in [5.41, 5.74) is 0. The number of hydrogen-bond acceptors (Lipinski definition) is 1. The molecule has 0 aliphatic rings. The van der Waals surface area contributed by atoms with Gasteiger partial charge in [0.25, 0.3) is 0 Å². The van der Waals surface area contributed by atoms with Crippen LogP contribution in [-0.4, -0.2) is 15.8 Å². The normalized spacial score (nSPS) is 12.6. The molecule has 3 nitrogen and oxygen atoms in total. The van der Waals surface area contributed by atoms with Gasteiger partial charge in [-0.15, -0.1) is 0 Å². The number of rotatable bonds is 18. The van der Waals surface area contributed by atoms with Crippen molar-refractivity contribution in [3.05, 3.63) is 18.7 Å². The zero-order valence-electron chi connectivity index (χ0n) is 17.7. The van der Waals surface area contributed by atoms with Gasteiger partial charge in [0.15, 0.2) is 0 Å². The van der Waals surface area contributed by atoms with Crippen LogP contribution in [-0.2, 0) is 13.1 Å². The molecular formula is C23H45N2O+. The minimum atomic E-state index is -0.206. The summed E-state index contributed by atoms with van der Waals surface area (Å²) in [7, 11) is 0. The average molecular weight is 366 g/mol. The second-order valence-electron chi connectivity index (χ2n) is 8.03. The van der Waals surface area contributed by atoms with E-state index < -0.39 is 0 Å². The number of unbranched alkanes of at least 4 members (excludes halogenated alkanes) is 12. The maximum absolute atomic E-state index is 10.0. The lowest BCUT2D eigenvalue weighted by Gasteiger charge is -2.06. The average Bonchev–Trinajstić information content (AvgIpc) is 3.08. The van der Waals surface area contributed by atoms with E-state index in [9.17, 15) is 5.11 Å². The highest BCUT2D eigenvalue weighted by atomic mass is 16.3. The van der Waals surface area contributed by atoms with Crippen molar-refractivity contribution in [3.63, 3.8) is 0 Å². The number of aliphatic hydroxyl groups excluding tert-OH is 1. The van der Waals surface area contributed by atoms with E-state index in [4.69, 9.17) is 0 Å². The summed E-state index contributed by atoms with van der Waals surface area (Å²) in [6.07, 6.45) is 26.1. The first-order valence-electron chi connectivity index (χ1n) is 11.5. The van der Waals surface area contributed by atoms with Crippen molar-refractivity contribution in [1.82, 2.24) is 4.57 Å². The molecule has 1 aromatic rings. The first kappa shape index (κ1) is 23.2. The number of hydrogen-bond donors (Lipinski definition) is 1. The Hall–Kier alpha value is -0.830. The van der Waals surface area contributed by atoms with Crippen molar-refractivity contribution in [2.45, 2.75) is 129 Å². The van der Waals surface area contributed by atoms with E-state index in [1.165, 1.54) is 77.0 Å². The highest BCUT2D eigenvalue weighted by Crippen LogP contribution is 2.12. The Labute approximate surface area is 162 Å². The Kier molecular flexibility index (Phi) is 14.6. The third-order valence-corrected chi connectivity index (χ3v) is 5.33. The summed E-state index contributed by atoms with van der Waals surface area (Å²) in [5.74, 6) is 0. The van der Waals surface area contributed by atoms with Gasteiger partial charge in [-0.1, -0.05) is 90.9 Å². The predicted octanol–water partition coefficient (Wildman–Crippen LogP) is 6.03. The third kappa shape index (κ3) is 12.5. The zero-order chi connectivity index (χ0) is 18.9. The number of aliphatic hydroxyl groups is 1. The van der Waals surface area contributed by atoms with E-state index in [1.807, 2.05) is 0 Å². The van der Waals surface area contributed by atoms with Crippen LogP contribution in [0.25, 0.3) is 0 Å². The molecule has 1 rings (SSSR count). The van der Waals surface area contributed by atoms with Crippen LogP contribution in [0.2, 0.25) is 0 Å². The lowest BCUT2D eigenvalue weighted by molar-refractivity contribution is -0.703. The van der Waals surface area contributed by atoms with E-state index in [0.717, 1.165) is 32.4 Å². The highest BCUT2D eigenvalue weighted by Gasteiger charge is 2.09. The van der Waals surface area contributed by atoms with Crippen LogP contribution in [0, 0.1) is 0 Å². The Balaban J connectivity index is 1.93. The highest BCUT2D eigenvalue weighted by molar-refractivity contribution is 4.66. The maximum Gasteiger partial charge on any atom is 0.243 e. The van der Waals surface area contributed by atoms with E-state index in [-0.39, 0.29) is 6.10 Å². The van der Waals surface area contributed by atoms with Gasteiger partial charge < -0.3 is 5.11 Å². The molecule has 152 valence electrons. The minimum Gasteiger partial charge on any atom is -0.389 e. The first-order valence-corrected chi connectivity index (χ1v) is 11.5. The molecule has 0 aliphatic heterocycles. The molecule has 0 saturated heterocycles. The van der Waals surface area contributed by atoms with Crippen LogP contribution >= 0.6 is 0 Å². The number of nitrogens with zero attached hydrogens (tertiary/aromatic N) is 2. The molecule has 1 unspecified atom stereocenters. The van der Waals surface area contributed by atoms with Crippen LogP contribution in [0.4, 0.5) is 0 Å². The van der Waals surface area contributed by atoms with Crippen molar-refractivity contribution in [2.75, 3.05) is 0 Å². The largest absolute Gasteiger partial charge is 0.389 e. The molecule has 26 heavy (non-hydrogen) atoms. The maximum atomic E-state index is 10.0. The van der Waals surface area contributed by atoms with Crippen LogP contribution in [0.1, 0.15) is 110 Å². The topological polar surface area (TPSA) is 29.0 Å². The lowest BCUT2D eigenvalue weighted by Crippen LogP contribution is -2.38. The molecule has 1 heterocycles. The van der Waals surface area contributed by atoms with Gasteiger partial charge in [0.2, 0.25) is 6.33 Å². The van der Waals surface area contributed by atoms with Crippen molar-refractivity contribution >= 4 is 0 Å². The standard InChI is InChI=1S/C23H45N2O/c1-3-5-7-8-9-10-11-12-13-14-15-16-18-24-19-20-25(22-24)21-23(26)17-6-4-2/h19-20,22-23,26H,3-18,21H2,1-2H3/q+1. The monoisotopic (exact) mass is 365 g/mol. The molecule has 0 amide bonds. The second-order valence-corrected chi connectivity index (χ2v) is 8.03. The summed E-state index contributed by atoms with van der Waals surface area (Å²) in [6.45, 7) is 6.29. The van der Waals surface area contributed by atoms with Crippen LogP contribution in [0.3, 0.4) is 0 Å². The lowest BCUT2D eigenvalue weighted by atomic mass is 10.1. The molecule has 0 saturated carbocycles. The Bertz CT molecular complexity index is 416. The van der Waals surface area contributed by atoms with Gasteiger partial charge in [-0.05, 0) is 19.3 Å². The SMILES string of the molecule is CCCCCCCCCCCCCCn1cc[n+](CC(O)CCCC)c1. The van der Waals surface area contributed by atoms with Gasteiger partial charge in [-0.25, -0.2) is 9.13 Å². The Morgan fingerprint density at radius 3 is 1.88 bits per heavy atom. The molecule has 3 heteroatoms. The molecular weight excluding hydrogens is 320 g/mol. The Morgan fingerprint density at radius 2 is 1.31 bits per heavy atom. The molecule has 1 aromatic heterocycles. The fourth-order valence-electron chi connectivity index (χ4n) is 3.59. The van der Waals surface area contributed by atoms with E-state index in [0.29, 0.717) is 0 Å². The van der Waals surface area contributed by atoms with Crippen LogP contribution in [0.5, 0.6) is 0 Å². The van der Waals surface area contributed by atoms with E-state index >= 15 is 0 Å².